The molecule has 109 valence electrons. The van der Waals surface area contributed by atoms with E-state index in [4.69, 9.17) is 4.74 Å². The van der Waals surface area contributed by atoms with Gasteiger partial charge < -0.3 is 4.74 Å². The summed E-state index contributed by atoms with van der Waals surface area (Å²) < 4.78 is 5.80. The van der Waals surface area contributed by atoms with Gasteiger partial charge in [0.15, 0.2) is 7.28 Å². The van der Waals surface area contributed by atoms with Gasteiger partial charge in [0.2, 0.25) is 0 Å². The number of ether oxygens (including phenoxy) is 1. The van der Waals surface area contributed by atoms with Crippen LogP contribution in [0.1, 0.15) is 31.7 Å². The molecule has 0 atom stereocenters. The van der Waals surface area contributed by atoms with Crippen LogP contribution >= 0.6 is 0 Å². The molecule has 1 radical (unpaired) electrons. The van der Waals surface area contributed by atoms with Crippen LogP contribution in [0.2, 0.25) is 6.32 Å². The van der Waals surface area contributed by atoms with Crippen LogP contribution in [0.25, 0.3) is 0 Å². The van der Waals surface area contributed by atoms with Crippen molar-refractivity contribution in [3.8, 4) is 5.75 Å². The Morgan fingerprint density at radius 1 is 0.905 bits per heavy atom. The van der Waals surface area contributed by atoms with E-state index in [9.17, 15) is 0 Å². The van der Waals surface area contributed by atoms with Crippen LogP contribution in [0.15, 0.2) is 54.6 Å². The highest BCUT2D eigenvalue weighted by molar-refractivity contribution is 6.53. The van der Waals surface area contributed by atoms with Crippen LogP contribution in [-0.2, 0) is 6.42 Å². The van der Waals surface area contributed by atoms with Crippen molar-refractivity contribution < 1.29 is 4.74 Å². The third kappa shape index (κ3) is 5.67. The molecule has 0 amide bonds. The minimum atomic E-state index is 0.804. The lowest BCUT2D eigenvalue weighted by Gasteiger charge is -2.10. The third-order valence-corrected chi connectivity index (χ3v) is 3.51. The maximum Gasteiger partial charge on any atom is 0.151 e. The van der Waals surface area contributed by atoms with Gasteiger partial charge in [0.1, 0.15) is 5.75 Å². The van der Waals surface area contributed by atoms with Crippen LogP contribution in [0.3, 0.4) is 0 Å². The molecule has 2 heteroatoms. The van der Waals surface area contributed by atoms with Gasteiger partial charge in [-0.3, -0.25) is 0 Å². The molecule has 2 rings (SSSR count). The normalized spacial score (nSPS) is 10.3. The molecule has 0 spiro atoms. The maximum absolute atomic E-state index is 5.80. The first-order chi connectivity index (χ1) is 10.4. The van der Waals surface area contributed by atoms with Crippen LogP contribution in [0.5, 0.6) is 5.75 Å². The molecule has 0 unspecified atom stereocenters. The highest BCUT2D eigenvalue weighted by Crippen LogP contribution is 2.20. The SMILES string of the molecule is CCCOc1ccccc1CCCC[B]c1ccccc1. The first-order valence-electron chi connectivity index (χ1n) is 7.99. The molecule has 0 aliphatic rings. The standard InChI is InChI=1S/C19H24BO/c1-2-16-21-19-14-7-6-10-17(19)11-8-9-15-20-18-12-4-3-5-13-18/h3-7,10,12-14H,2,8-9,11,15-16H2,1H3. The van der Waals surface area contributed by atoms with Crippen molar-refractivity contribution in [1.29, 1.82) is 0 Å². The van der Waals surface area contributed by atoms with E-state index >= 15 is 0 Å². The van der Waals surface area contributed by atoms with E-state index < -0.39 is 0 Å². The summed E-state index contributed by atoms with van der Waals surface area (Å²) in [5, 5.41) is 0. The molecule has 0 N–H and O–H groups in total. The summed E-state index contributed by atoms with van der Waals surface area (Å²) in [6.07, 6.45) is 5.72. The van der Waals surface area contributed by atoms with E-state index in [0.29, 0.717) is 0 Å². The van der Waals surface area contributed by atoms with Gasteiger partial charge in [-0.05, 0) is 30.9 Å². The summed E-state index contributed by atoms with van der Waals surface area (Å²) in [6.45, 7) is 2.95. The largest absolute Gasteiger partial charge is 0.493 e. The molecule has 1 nitrogen and oxygen atoms in total. The Balaban J connectivity index is 1.71. The first kappa shape index (κ1) is 15.7. The van der Waals surface area contributed by atoms with Crippen LogP contribution in [0.4, 0.5) is 0 Å². The Kier molecular flexibility index (Phi) is 6.93. The molecule has 0 aromatic heterocycles. The Morgan fingerprint density at radius 2 is 1.67 bits per heavy atom. The van der Waals surface area contributed by atoms with Gasteiger partial charge in [-0.2, -0.15) is 0 Å². The van der Waals surface area contributed by atoms with Crippen molar-refractivity contribution in [2.75, 3.05) is 6.61 Å². The van der Waals surface area contributed by atoms with E-state index in [-0.39, 0.29) is 0 Å². The fourth-order valence-electron chi connectivity index (χ4n) is 2.38. The Hall–Kier alpha value is -1.70. The monoisotopic (exact) mass is 279 g/mol. The van der Waals surface area contributed by atoms with Crippen LogP contribution in [-0.4, -0.2) is 13.9 Å². The summed E-state index contributed by atoms with van der Waals surface area (Å²) in [5.41, 5.74) is 2.66. The third-order valence-electron chi connectivity index (χ3n) is 3.51. The topological polar surface area (TPSA) is 9.23 Å². The van der Waals surface area contributed by atoms with Gasteiger partial charge in [0, 0.05) is 0 Å². The maximum atomic E-state index is 5.80. The van der Waals surface area contributed by atoms with Crippen molar-refractivity contribution in [3.05, 3.63) is 60.2 Å². The van der Waals surface area contributed by atoms with Gasteiger partial charge in [-0.25, -0.2) is 0 Å². The first-order valence-corrected chi connectivity index (χ1v) is 7.99. The van der Waals surface area contributed by atoms with Crippen molar-refractivity contribution in [3.63, 3.8) is 0 Å². The average molecular weight is 279 g/mol. The minimum absolute atomic E-state index is 0.804. The van der Waals surface area contributed by atoms with Crippen LogP contribution < -0.4 is 10.2 Å². The van der Waals surface area contributed by atoms with Gasteiger partial charge >= 0.3 is 0 Å². The molecule has 0 saturated heterocycles. The summed E-state index contributed by atoms with van der Waals surface area (Å²) in [5.74, 6) is 1.06. The van der Waals surface area contributed by atoms with Crippen molar-refractivity contribution in [2.45, 2.75) is 38.9 Å². The lowest BCUT2D eigenvalue weighted by molar-refractivity contribution is 0.314. The predicted octanol–water partition coefficient (Wildman–Crippen LogP) is 4.25. The number of benzene rings is 2. The van der Waals surface area contributed by atoms with Gasteiger partial charge in [-0.1, -0.05) is 73.7 Å². The van der Waals surface area contributed by atoms with E-state index in [1.807, 2.05) is 0 Å². The molecular formula is C19H24BO. The second-order valence-corrected chi connectivity index (χ2v) is 5.32. The molecule has 21 heavy (non-hydrogen) atoms. The van der Waals surface area contributed by atoms with Crippen molar-refractivity contribution in [1.82, 2.24) is 0 Å². The number of aryl methyl sites for hydroxylation is 1. The van der Waals surface area contributed by atoms with E-state index in [1.54, 1.807) is 0 Å². The smallest absolute Gasteiger partial charge is 0.151 e. The number of hydrogen-bond acceptors (Lipinski definition) is 1. The minimum Gasteiger partial charge on any atom is -0.493 e. The molecular weight excluding hydrogens is 255 g/mol. The number of unbranched alkanes of at least 4 members (excludes halogenated alkanes) is 1. The van der Waals surface area contributed by atoms with Gasteiger partial charge in [-0.15, -0.1) is 0 Å². The Morgan fingerprint density at radius 3 is 2.48 bits per heavy atom. The lowest BCUT2D eigenvalue weighted by Crippen LogP contribution is -2.12. The fraction of sp³-hybridized carbons (Fsp3) is 0.368. The zero-order chi connectivity index (χ0) is 14.8. The van der Waals surface area contributed by atoms with E-state index in [1.165, 1.54) is 23.9 Å². The molecule has 0 heterocycles. The molecule has 0 aliphatic heterocycles. The summed E-state index contributed by atoms with van der Waals surface area (Å²) in [4.78, 5) is 0. The zero-order valence-corrected chi connectivity index (χ0v) is 12.9. The summed E-state index contributed by atoms with van der Waals surface area (Å²) in [7, 11) is 2.32. The summed E-state index contributed by atoms with van der Waals surface area (Å²) >= 11 is 0. The molecule has 0 saturated carbocycles. The van der Waals surface area contributed by atoms with E-state index in [2.05, 4.69) is 68.8 Å². The number of rotatable bonds is 9. The second-order valence-electron chi connectivity index (χ2n) is 5.32. The zero-order valence-electron chi connectivity index (χ0n) is 12.9. The molecule has 2 aromatic rings. The Labute approximate surface area is 129 Å². The average Bonchev–Trinajstić information content (AvgIpc) is 2.54. The predicted molar refractivity (Wildman–Crippen MR) is 91.8 cm³/mol. The number of para-hydroxylation sites is 1. The fourth-order valence-corrected chi connectivity index (χ4v) is 2.38. The molecule has 0 fully saturated rings. The van der Waals surface area contributed by atoms with Gasteiger partial charge in [0.25, 0.3) is 0 Å². The summed E-state index contributed by atoms with van der Waals surface area (Å²) in [6, 6.07) is 19.0. The molecule has 0 bridgehead atoms. The second kappa shape index (κ2) is 9.28. The lowest BCUT2D eigenvalue weighted by atomic mass is 9.66. The number of hydrogen-bond donors (Lipinski definition) is 0. The quantitative estimate of drug-likeness (QED) is 0.492. The van der Waals surface area contributed by atoms with Crippen molar-refractivity contribution >= 4 is 12.7 Å². The van der Waals surface area contributed by atoms with Crippen molar-refractivity contribution in [2.24, 2.45) is 0 Å². The van der Waals surface area contributed by atoms with Crippen LogP contribution in [0, 0.1) is 0 Å². The Bertz CT molecular complexity index is 510. The van der Waals surface area contributed by atoms with Gasteiger partial charge in [0.05, 0.1) is 6.61 Å². The highest BCUT2D eigenvalue weighted by Gasteiger charge is 2.02. The molecule has 0 aliphatic carbocycles. The molecule has 2 aromatic carbocycles. The van der Waals surface area contributed by atoms with E-state index in [0.717, 1.165) is 31.5 Å². The highest BCUT2D eigenvalue weighted by atomic mass is 16.5.